The number of para-hydroxylation sites is 1. The Bertz CT molecular complexity index is 574. The van der Waals surface area contributed by atoms with Crippen LogP contribution >= 0.6 is 0 Å². The maximum absolute atomic E-state index is 10.9. The highest BCUT2D eigenvalue weighted by molar-refractivity contribution is 5.85. The summed E-state index contributed by atoms with van der Waals surface area (Å²) in [7, 11) is 0. The van der Waals surface area contributed by atoms with E-state index in [-0.39, 0.29) is 10.6 Å². The molecule has 5 heteroatoms. The molecule has 0 radical (unpaired) electrons. The Morgan fingerprint density at radius 3 is 3.06 bits per heavy atom. The highest BCUT2D eigenvalue weighted by Gasteiger charge is 2.20. The van der Waals surface area contributed by atoms with Crippen molar-refractivity contribution in [2.75, 3.05) is 0 Å². The summed E-state index contributed by atoms with van der Waals surface area (Å²) in [6, 6.07) is 5.15. The zero-order valence-corrected chi connectivity index (χ0v) is 8.72. The second-order valence-corrected chi connectivity index (χ2v) is 4.04. The minimum atomic E-state index is -0.360. The maximum atomic E-state index is 10.9. The maximum Gasteiger partial charge on any atom is 0.297 e. The predicted molar refractivity (Wildman–Crippen MR) is 59.3 cm³/mol. The number of hydrogen-bond acceptors (Lipinski definition) is 3. The van der Waals surface area contributed by atoms with Gasteiger partial charge in [-0.1, -0.05) is 6.07 Å². The van der Waals surface area contributed by atoms with Crippen LogP contribution < -0.4 is 0 Å². The Kier molecular flexibility index (Phi) is 1.92. The van der Waals surface area contributed by atoms with Crippen LogP contribution in [0.3, 0.4) is 0 Å². The van der Waals surface area contributed by atoms with Crippen LogP contribution in [-0.4, -0.2) is 14.5 Å². The van der Waals surface area contributed by atoms with Crippen LogP contribution in [0.5, 0.6) is 0 Å². The van der Waals surface area contributed by atoms with E-state index in [1.807, 2.05) is 6.07 Å². The third-order valence-electron chi connectivity index (χ3n) is 3.07. The molecule has 16 heavy (non-hydrogen) atoms. The molecule has 1 aliphatic rings. The fraction of sp³-hybridized carbons (Fsp3) is 0.364. The van der Waals surface area contributed by atoms with E-state index in [1.165, 1.54) is 6.07 Å². The molecule has 1 aromatic carbocycles. The Morgan fingerprint density at radius 2 is 2.25 bits per heavy atom. The van der Waals surface area contributed by atoms with Gasteiger partial charge in [0.2, 0.25) is 0 Å². The molecule has 0 fully saturated rings. The molecule has 82 valence electrons. The lowest BCUT2D eigenvalue weighted by Gasteiger charge is -2.13. The average Bonchev–Trinajstić information content (AvgIpc) is 2.67. The van der Waals surface area contributed by atoms with Gasteiger partial charge in [0.25, 0.3) is 5.69 Å². The third kappa shape index (κ3) is 1.21. The van der Waals surface area contributed by atoms with E-state index >= 15 is 0 Å². The first kappa shape index (κ1) is 9.33. The van der Waals surface area contributed by atoms with Crippen LogP contribution in [0.1, 0.15) is 18.7 Å². The van der Waals surface area contributed by atoms with Crippen molar-refractivity contribution in [1.82, 2.24) is 9.55 Å². The van der Waals surface area contributed by atoms with E-state index in [9.17, 15) is 10.1 Å². The van der Waals surface area contributed by atoms with E-state index in [2.05, 4.69) is 9.55 Å². The van der Waals surface area contributed by atoms with Crippen LogP contribution in [0.2, 0.25) is 0 Å². The summed E-state index contributed by atoms with van der Waals surface area (Å²) in [4.78, 5) is 14.9. The number of nitro groups is 1. The Hall–Kier alpha value is -1.91. The molecule has 5 nitrogen and oxygen atoms in total. The van der Waals surface area contributed by atoms with Crippen molar-refractivity contribution in [1.29, 1.82) is 0 Å². The minimum absolute atomic E-state index is 0.111. The largest absolute Gasteiger partial charge is 0.328 e. The van der Waals surface area contributed by atoms with Gasteiger partial charge in [0.05, 0.1) is 10.4 Å². The second-order valence-electron chi connectivity index (χ2n) is 4.04. The van der Waals surface area contributed by atoms with E-state index < -0.39 is 0 Å². The predicted octanol–water partition coefficient (Wildman–Crippen LogP) is 2.28. The number of fused-ring (bicyclic) bond motifs is 3. The van der Waals surface area contributed by atoms with Crippen molar-refractivity contribution in [3.05, 3.63) is 34.1 Å². The van der Waals surface area contributed by atoms with Gasteiger partial charge in [0.1, 0.15) is 5.82 Å². The first-order valence-electron chi connectivity index (χ1n) is 5.40. The molecule has 0 aliphatic carbocycles. The van der Waals surface area contributed by atoms with Crippen molar-refractivity contribution in [3.63, 3.8) is 0 Å². The lowest BCUT2D eigenvalue weighted by Crippen LogP contribution is -2.09. The standard InChI is InChI=1S/C11H11N3O2/c15-14(16)9-5-3-4-8-11(9)12-10-6-1-2-7-13(8)10/h3-5H,1-2,6-7H2. The van der Waals surface area contributed by atoms with Gasteiger partial charge >= 0.3 is 0 Å². The lowest BCUT2D eigenvalue weighted by atomic mass is 10.2. The molecule has 1 aromatic heterocycles. The van der Waals surface area contributed by atoms with Crippen molar-refractivity contribution in [2.24, 2.45) is 0 Å². The zero-order chi connectivity index (χ0) is 11.1. The van der Waals surface area contributed by atoms with Crippen LogP contribution in [0.4, 0.5) is 5.69 Å². The van der Waals surface area contributed by atoms with Crippen LogP contribution in [-0.2, 0) is 13.0 Å². The first-order valence-corrected chi connectivity index (χ1v) is 5.40. The second kappa shape index (κ2) is 3.30. The molecule has 0 unspecified atom stereocenters. The number of nitrogens with zero attached hydrogens (tertiary/aromatic N) is 3. The molecule has 2 heterocycles. The summed E-state index contributed by atoms with van der Waals surface area (Å²) < 4.78 is 2.10. The number of hydrogen-bond donors (Lipinski definition) is 0. The fourth-order valence-corrected chi connectivity index (χ4v) is 2.32. The van der Waals surface area contributed by atoms with Crippen molar-refractivity contribution < 1.29 is 4.92 Å². The summed E-state index contributed by atoms with van der Waals surface area (Å²) in [6.45, 7) is 0.924. The fourth-order valence-electron chi connectivity index (χ4n) is 2.32. The molecular formula is C11H11N3O2. The van der Waals surface area contributed by atoms with Gasteiger partial charge in [-0.3, -0.25) is 10.1 Å². The molecule has 0 amide bonds. The number of non-ortho nitro benzene ring substituents is 1. The molecule has 1 aliphatic heterocycles. The van der Waals surface area contributed by atoms with E-state index in [1.54, 1.807) is 6.07 Å². The Balaban J connectivity index is 2.33. The van der Waals surface area contributed by atoms with Crippen LogP contribution in [0, 0.1) is 10.1 Å². The molecule has 3 rings (SSSR count). The molecule has 0 saturated carbocycles. The van der Waals surface area contributed by atoms with Gasteiger partial charge < -0.3 is 4.57 Å². The van der Waals surface area contributed by atoms with Gasteiger partial charge in [-0.15, -0.1) is 0 Å². The van der Waals surface area contributed by atoms with Gasteiger partial charge in [-0.2, -0.15) is 0 Å². The Morgan fingerprint density at radius 1 is 1.38 bits per heavy atom. The number of nitro benzene ring substituents is 1. The smallest absolute Gasteiger partial charge is 0.297 e. The number of aryl methyl sites for hydroxylation is 2. The average molecular weight is 217 g/mol. The molecule has 2 aromatic rings. The molecule has 0 N–H and O–H groups in total. The summed E-state index contributed by atoms with van der Waals surface area (Å²) in [6.07, 6.45) is 3.17. The zero-order valence-electron chi connectivity index (χ0n) is 8.72. The Labute approximate surface area is 91.9 Å². The van der Waals surface area contributed by atoms with Gasteiger partial charge in [0.15, 0.2) is 5.52 Å². The van der Waals surface area contributed by atoms with E-state index in [0.717, 1.165) is 37.1 Å². The summed E-state index contributed by atoms with van der Waals surface area (Å²) >= 11 is 0. The van der Waals surface area contributed by atoms with Crippen molar-refractivity contribution in [3.8, 4) is 0 Å². The third-order valence-corrected chi connectivity index (χ3v) is 3.07. The quantitative estimate of drug-likeness (QED) is 0.543. The number of imidazole rings is 1. The van der Waals surface area contributed by atoms with Crippen LogP contribution in [0.25, 0.3) is 11.0 Å². The molecular weight excluding hydrogens is 206 g/mol. The SMILES string of the molecule is O=[N+]([O-])c1cccc2c1nc1n2CCCC1. The van der Waals surface area contributed by atoms with Gasteiger partial charge in [-0.25, -0.2) is 4.98 Å². The minimum Gasteiger partial charge on any atom is -0.328 e. The number of benzene rings is 1. The monoisotopic (exact) mass is 217 g/mol. The summed E-state index contributed by atoms with van der Waals surface area (Å²) in [5, 5.41) is 10.9. The molecule has 0 atom stereocenters. The van der Waals surface area contributed by atoms with Gasteiger partial charge in [0, 0.05) is 19.0 Å². The summed E-state index contributed by atoms with van der Waals surface area (Å²) in [5.74, 6) is 0.982. The summed E-state index contributed by atoms with van der Waals surface area (Å²) in [5.41, 5.74) is 1.53. The highest BCUT2D eigenvalue weighted by atomic mass is 16.6. The highest BCUT2D eigenvalue weighted by Crippen LogP contribution is 2.28. The number of rotatable bonds is 1. The first-order chi connectivity index (χ1) is 7.77. The number of aromatic nitrogens is 2. The van der Waals surface area contributed by atoms with Gasteiger partial charge in [-0.05, 0) is 18.9 Å². The molecule has 0 bridgehead atoms. The van der Waals surface area contributed by atoms with E-state index in [4.69, 9.17) is 0 Å². The van der Waals surface area contributed by atoms with E-state index in [0.29, 0.717) is 5.52 Å². The van der Waals surface area contributed by atoms with Crippen molar-refractivity contribution >= 4 is 16.7 Å². The van der Waals surface area contributed by atoms with Crippen LogP contribution in [0.15, 0.2) is 18.2 Å². The normalized spacial score (nSPS) is 15.0. The molecule has 0 saturated heterocycles. The van der Waals surface area contributed by atoms with Crippen molar-refractivity contribution in [2.45, 2.75) is 25.8 Å². The molecule has 0 spiro atoms. The lowest BCUT2D eigenvalue weighted by molar-refractivity contribution is -0.383. The topological polar surface area (TPSA) is 61.0 Å².